The second kappa shape index (κ2) is 34.5. The van der Waals surface area contributed by atoms with Gasteiger partial charge >= 0.3 is 0 Å². The summed E-state index contributed by atoms with van der Waals surface area (Å²) in [6, 6.07) is 89.7. The molecule has 20 nitrogen and oxygen atoms in total. The van der Waals surface area contributed by atoms with Gasteiger partial charge in [0.2, 0.25) is 0 Å². The summed E-state index contributed by atoms with van der Waals surface area (Å²) in [5.74, 6) is 6.54. The van der Waals surface area contributed by atoms with E-state index < -0.39 is 0 Å². The summed E-state index contributed by atoms with van der Waals surface area (Å²) >= 11 is 0. The van der Waals surface area contributed by atoms with Crippen molar-refractivity contribution in [1.29, 1.82) is 0 Å². The topological polar surface area (TPSA) is 174 Å². The maximum Gasteiger partial charge on any atom is 0.295 e. The van der Waals surface area contributed by atoms with Crippen molar-refractivity contribution in [1.82, 2.24) is 47.8 Å². The average Bonchev–Trinajstić information content (AvgIpc) is 1.81. The summed E-state index contributed by atoms with van der Waals surface area (Å²) < 4.78 is 50.9. The number of imidazole rings is 5. The molecule has 0 saturated heterocycles. The molecule has 0 atom stereocenters. The molecule has 0 fully saturated rings. The molecule has 0 aliphatic rings. The van der Waals surface area contributed by atoms with Gasteiger partial charge in [0.25, 0.3) is 29.1 Å². The van der Waals surface area contributed by atoms with Gasteiger partial charge in [0.15, 0.2) is 115 Å². The average molecular weight is 1760 g/mol. The maximum atomic E-state index is 5.69. The predicted molar refractivity (Wildman–Crippen MR) is 531 cm³/mol. The van der Waals surface area contributed by atoms with Gasteiger partial charge in [-0.05, 0) is 252 Å². The molecule has 0 radical (unpaired) electrons. The van der Waals surface area contributed by atoms with Gasteiger partial charge in [0.05, 0.1) is 70.1 Å². The Hall–Kier alpha value is -15.4. The van der Waals surface area contributed by atoms with E-state index in [4.69, 9.17) is 22.1 Å². The third kappa shape index (κ3) is 15.6. The molecule has 23 rings (SSSR count). The van der Waals surface area contributed by atoms with Crippen LogP contribution in [0.4, 0.5) is 0 Å². The number of nitrogens with zero attached hydrogens (tertiary/aromatic N) is 15. The zero-order chi connectivity index (χ0) is 92.9. The Morgan fingerprint density at radius 3 is 0.910 bits per heavy atom. The molecule has 10 aromatic heterocycles. The molecule has 0 aliphatic heterocycles. The number of benzene rings is 13. The van der Waals surface area contributed by atoms with E-state index in [1.165, 1.54) is 154 Å². The van der Waals surface area contributed by atoms with Crippen molar-refractivity contribution < 1.29 is 44.9 Å². The number of hydrogen-bond acceptors (Lipinski definition) is 10. The molecule has 20 heteroatoms. The minimum absolute atomic E-state index is 0.0427. The molecule has 0 aliphatic carbocycles. The number of para-hydroxylation sites is 12. The monoisotopic (exact) mass is 1760 g/mol. The standard InChI is InChI=1S/C28H30N3O.C26H26N3O.C22H18N3O.C20H22N3O.C17H16N3O/c1-17(2)20-10-9-11-21(18(3)4)27(20)31-25-13-8-7-12-24(25)30(6)28(31)22-15-26-23(14-19(22)5)29-16-32-26;1-17-14-21-24(30-16-27-21)15-20(17)25-28(5)22-8-6-7-9-23(22)29(25)19-12-10-18(11-13-19)26(2,3)4;1-15-12-18-21(26-14-23-18)13-17(15)22-24(2)19-10-6-7-11-20(19)25(22)16-8-4-3-5-9-16;1-13-10-15-18(24-12-21-15)11-14(13)19-22(5)16-8-6-7-9-17(16)23(19)20(2,3)4;1-11-8-13-16(21-10-18-13)9-12(11)17-19(2)14-6-4-5-7-15(14)20(17)3/h7-18H,1-6H3;6-16H,1-5H3;3-14H,1-2H3;6-12H,1-5H3;4-10H,1-3H3/q5*+1. The van der Waals surface area contributed by atoms with Crippen LogP contribution in [0.25, 0.3) is 185 Å². The van der Waals surface area contributed by atoms with E-state index in [0.29, 0.717) is 11.8 Å². The van der Waals surface area contributed by atoms with Crippen LogP contribution in [0.15, 0.2) is 309 Å². The van der Waals surface area contributed by atoms with Crippen LogP contribution in [0, 0.1) is 34.6 Å². The number of aromatic nitrogens is 15. The molecule has 0 N–H and O–H groups in total. The first-order chi connectivity index (χ1) is 64.0. The van der Waals surface area contributed by atoms with Crippen molar-refractivity contribution in [3.8, 4) is 74.0 Å². The van der Waals surface area contributed by atoms with E-state index in [1.807, 2.05) is 6.07 Å². The SMILES string of the molecule is Cc1cc2ncoc2cc1-c1n(-c2c(C(C)C)cccc2C(C)C)c2ccccc2[n+]1C.Cc1cc2ncoc2cc1-c1n(-c2ccc(C(C)(C)C)cc2)c2ccccc2[n+]1C.Cc1cc2ncoc2cc1-c1n(-c2ccccc2)c2ccccc2[n+]1C.Cc1cc2ncoc2cc1-c1n(C(C)(C)C)c2ccccc2[n+]1C.Cc1cc2ncoc2cc1-c1n(C)c2ccccc2[n+]1C. The zero-order valence-electron chi connectivity index (χ0n) is 79.5. The van der Waals surface area contributed by atoms with Crippen molar-refractivity contribution in [2.24, 2.45) is 42.3 Å². The first-order valence-electron chi connectivity index (χ1n) is 45.4. The molecular formula is C113H112N15O5+5. The highest BCUT2D eigenvalue weighted by molar-refractivity contribution is 5.90. The smallest absolute Gasteiger partial charge is 0.295 e. The largest absolute Gasteiger partial charge is 0.443 e. The lowest BCUT2D eigenvalue weighted by atomic mass is 9.87. The number of rotatable bonds is 10. The quantitative estimate of drug-likeness (QED) is 0.120. The Labute approximate surface area is 772 Å². The highest BCUT2D eigenvalue weighted by atomic mass is 16.3. The molecule has 13 aromatic carbocycles. The van der Waals surface area contributed by atoms with E-state index in [0.717, 1.165) is 107 Å². The van der Waals surface area contributed by atoms with Crippen molar-refractivity contribution in [3.05, 3.63) is 331 Å². The van der Waals surface area contributed by atoms with E-state index in [-0.39, 0.29) is 11.0 Å². The van der Waals surface area contributed by atoms with Crippen LogP contribution in [0.1, 0.15) is 126 Å². The second-order valence-electron chi connectivity index (χ2n) is 37.6. The summed E-state index contributed by atoms with van der Waals surface area (Å²) in [6.07, 6.45) is 7.53. The van der Waals surface area contributed by atoms with Gasteiger partial charge in [-0.25, -0.2) is 56.9 Å². The van der Waals surface area contributed by atoms with Crippen LogP contribution in [0.5, 0.6) is 0 Å². The van der Waals surface area contributed by atoms with Crippen LogP contribution in [-0.2, 0) is 53.2 Å². The summed E-state index contributed by atoms with van der Waals surface area (Å²) in [6.45, 7) is 33.2. The van der Waals surface area contributed by atoms with Crippen LogP contribution < -0.4 is 22.8 Å². The Morgan fingerprint density at radius 1 is 0.286 bits per heavy atom. The second-order valence-corrected chi connectivity index (χ2v) is 37.6. The number of aryl methyl sites for hydroxylation is 11. The Morgan fingerprint density at radius 2 is 0.564 bits per heavy atom. The Bertz CT molecular complexity index is 8320. The van der Waals surface area contributed by atoms with Gasteiger partial charge in [-0.15, -0.1) is 0 Å². The minimum atomic E-state index is -0.0427. The fourth-order valence-corrected chi connectivity index (χ4v) is 19.4. The van der Waals surface area contributed by atoms with Gasteiger partial charge in [-0.1, -0.05) is 158 Å². The van der Waals surface area contributed by atoms with E-state index >= 15 is 0 Å². The number of fused-ring (bicyclic) bond motifs is 10. The normalized spacial score (nSPS) is 11.9. The molecule has 133 heavy (non-hydrogen) atoms. The van der Waals surface area contributed by atoms with Crippen LogP contribution in [0.2, 0.25) is 0 Å². The fourth-order valence-electron chi connectivity index (χ4n) is 19.4. The molecule has 0 unspecified atom stereocenters. The van der Waals surface area contributed by atoms with Crippen molar-refractivity contribution in [2.45, 2.75) is 127 Å². The van der Waals surface area contributed by atoms with Gasteiger partial charge in [-0.2, -0.15) is 13.7 Å². The molecule has 23 aromatic rings. The predicted octanol–water partition coefficient (Wildman–Crippen LogP) is 24.7. The number of hydrogen-bond donors (Lipinski definition) is 0. The highest BCUT2D eigenvalue weighted by Gasteiger charge is 2.37. The number of oxazole rings is 5. The highest BCUT2D eigenvalue weighted by Crippen LogP contribution is 2.42. The maximum absolute atomic E-state index is 5.69. The first kappa shape index (κ1) is 86.9. The Kier molecular flexibility index (Phi) is 22.5. The van der Waals surface area contributed by atoms with Crippen molar-refractivity contribution >= 4 is 111 Å². The zero-order valence-corrected chi connectivity index (χ0v) is 79.5. The third-order valence-corrected chi connectivity index (χ3v) is 26.1. The third-order valence-electron chi connectivity index (χ3n) is 26.1. The molecular weight excluding hydrogens is 1650 g/mol. The van der Waals surface area contributed by atoms with Gasteiger partial charge in [-0.3, -0.25) is 0 Å². The van der Waals surface area contributed by atoms with Crippen LogP contribution >= 0.6 is 0 Å². The van der Waals surface area contributed by atoms with Gasteiger partial charge < -0.3 is 22.1 Å². The molecule has 664 valence electrons. The molecule has 0 saturated carbocycles. The van der Waals surface area contributed by atoms with Crippen molar-refractivity contribution in [3.63, 3.8) is 0 Å². The lowest BCUT2D eigenvalue weighted by molar-refractivity contribution is -0.634. The fraction of sp³-hybridized carbons (Fsp3) is 0.221. The lowest BCUT2D eigenvalue weighted by Crippen LogP contribution is -2.33. The summed E-state index contributed by atoms with van der Waals surface area (Å²) in [5, 5.41) is 0. The van der Waals surface area contributed by atoms with Gasteiger partial charge in [0, 0.05) is 11.1 Å². The molecule has 0 bridgehead atoms. The summed E-state index contributed by atoms with van der Waals surface area (Å²) in [7, 11) is 12.7. The first-order valence-corrected chi connectivity index (χ1v) is 45.4. The van der Waals surface area contributed by atoms with E-state index in [1.54, 1.807) is 0 Å². The van der Waals surface area contributed by atoms with E-state index in [2.05, 4.69) is 465 Å². The Balaban J connectivity index is 0.000000108. The molecule has 10 heterocycles. The summed E-state index contributed by atoms with van der Waals surface area (Å²) in [4.78, 5) is 21.4. The van der Waals surface area contributed by atoms with E-state index in [9.17, 15) is 0 Å². The lowest BCUT2D eigenvalue weighted by Gasteiger charge is -2.18. The van der Waals surface area contributed by atoms with Gasteiger partial charge in [0.1, 0.15) is 50.2 Å². The molecule has 0 spiro atoms. The van der Waals surface area contributed by atoms with Crippen molar-refractivity contribution in [2.75, 3.05) is 0 Å². The van der Waals surface area contributed by atoms with Crippen LogP contribution in [0.3, 0.4) is 0 Å². The molecule has 0 amide bonds. The van der Waals surface area contributed by atoms with Crippen LogP contribution in [-0.4, -0.2) is 47.8 Å². The summed E-state index contributed by atoms with van der Waals surface area (Å²) in [5.41, 5.74) is 39.9. The minimum Gasteiger partial charge on any atom is -0.443 e.